The summed E-state index contributed by atoms with van der Waals surface area (Å²) in [5.74, 6) is -0.115. The van der Waals surface area contributed by atoms with E-state index < -0.39 is 0 Å². The molecule has 0 spiro atoms. The summed E-state index contributed by atoms with van der Waals surface area (Å²) < 4.78 is 2.00. The highest BCUT2D eigenvalue weighted by Gasteiger charge is 2.12. The van der Waals surface area contributed by atoms with E-state index in [4.69, 9.17) is 0 Å². The number of imidazole rings is 1. The van der Waals surface area contributed by atoms with Gasteiger partial charge in [-0.3, -0.25) is 4.79 Å². The summed E-state index contributed by atoms with van der Waals surface area (Å²) in [7, 11) is 1.97. The Morgan fingerprint density at radius 3 is 3.05 bits per heavy atom. The molecule has 2 aromatic carbocycles. The first kappa shape index (κ1) is 12.6. The van der Waals surface area contributed by atoms with Gasteiger partial charge in [0.25, 0.3) is 5.91 Å². The minimum absolute atomic E-state index is 0.115. The fourth-order valence-electron chi connectivity index (χ4n) is 2.71. The molecule has 2 aromatic heterocycles. The number of H-pyrrole nitrogens is 1. The van der Waals surface area contributed by atoms with Crippen molar-refractivity contribution in [3.05, 3.63) is 60.6 Å². The SMILES string of the molecule is Cn1ccc2c(C(=O)Nc3ccc4nc[nH]c4c3)cccc21. The lowest BCUT2D eigenvalue weighted by atomic mass is 10.1. The molecule has 0 radical (unpaired) electrons. The molecule has 108 valence electrons. The standard InChI is InChI=1S/C17H14N4O/c1-21-8-7-12-13(3-2-4-16(12)21)17(22)20-11-5-6-14-15(9-11)19-10-18-14/h2-10H,1H3,(H,18,19)(H,20,22). The maximum atomic E-state index is 12.6. The van der Waals surface area contributed by atoms with E-state index >= 15 is 0 Å². The molecule has 0 bridgehead atoms. The van der Waals surface area contributed by atoms with Gasteiger partial charge in [0, 0.05) is 35.4 Å². The molecule has 0 saturated carbocycles. The average molecular weight is 290 g/mol. The van der Waals surface area contributed by atoms with Crippen LogP contribution in [0.1, 0.15) is 10.4 Å². The number of carbonyl (C=O) groups is 1. The summed E-state index contributed by atoms with van der Waals surface area (Å²) >= 11 is 0. The van der Waals surface area contributed by atoms with E-state index in [9.17, 15) is 4.79 Å². The number of nitrogens with one attached hydrogen (secondary N) is 2. The van der Waals surface area contributed by atoms with Crippen LogP contribution in [0.3, 0.4) is 0 Å². The van der Waals surface area contributed by atoms with Gasteiger partial charge in [0.2, 0.25) is 0 Å². The lowest BCUT2D eigenvalue weighted by Gasteiger charge is -2.07. The highest BCUT2D eigenvalue weighted by Crippen LogP contribution is 2.21. The quantitative estimate of drug-likeness (QED) is 0.595. The van der Waals surface area contributed by atoms with Crippen LogP contribution < -0.4 is 5.32 Å². The van der Waals surface area contributed by atoms with Crippen LogP contribution >= 0.6 is 0 Å². The van der Waals surface area contributed by atoms with Gasteiger partial charge >= 0.3 is 0 Å². The molecular weight excluding hydrogens is 276 g/mol. The molecule has 0 fully saturated rings. The van der Waals surface area contributed by atoms with Gasteiger partial charge in [0.15, 0.2) is 0 Å². The molecule has 2 heterocycles. The van der Waals surface area contributed by atoms with Crippen molar-refractivity contribution in [1.29, 1.82) is 0 Å². The lowest BCUT2D eigenvalue weighted by Crippen LogP contribution is -2.12. The molecule has 0 unspecified atom stereocenters. The molecule has 4 aromatic rings. The number of aromatic nitrogens is 3. The van der Waals surface area contributed by atoms with E-state index in [-0.39, 0.29) is 5.91 Å². The second-order valence-corrected chi connectivity index (χ2v) is 5.25. The predicted molar refractivity (Wildman–Crippen MR) is 87.0 cm³/mol. The first-order valence-electron chi connectivity index (χ1n) is 7.01. The number of amides is 1. The van der Waals surface area contributed by atoms with Crippen LogP contribution in [0.25, 0.3) is 21.9 Å². The molecular formula is C17H14N4O. The summed E-state index contributed by atoms with van der Waals surface area (Å²) in [5.41, 5.74) is 4.23. The lowest BCUT2D eigenvalue weighted by molar-refractivity contribution is 0.102. The van der Waals surface area contributed by atoms with Crippen molar-refractivity contribution in [2.45, 2.75) is 0 Å². The van der Waals surface area contributed by atoms with Crippen molar-refractivity contribution in [2.75, 3.05) is 5.32 Å². The number of anilines is 1. The van der Waals surface area contributed by atoms with Crippen LogP contribution in [-0.4, -0.2) is 20.4 Å². The van der Waals surface area contributed by atoms with Crippen molar-refractivity contribution >= 4 is 33.5 Å². The maximum Gasteiger partial charge on any atom is 0.256 e. The van der Waals surface area contributed by atoms with E-state index in [0.717, 1.165) is 27.6 Å². The molecule has 5 heteroatoms. The van der Waals surface area contributed by atoms with Crippen molar-refractivity contribution in [2.24, 2.45) is 7.05 Å². The van der Waals surface area contributed by atoms with E-state index in [2.05, 4.69) is 15.3 Å². The highest BCUT2D eigenvalue weighted by molar-refractivity contribution is 6.12. The van der Waals surface area contributed by atoms with Crippen molar-refractivity contribution < 1.29 is 4.79 Å². The Balaban J connectivity index is 1.71. The number of rotatable bonds is 2. The van der Waals surface area contributed by atoms with Crippen LogP contribution in [-0.2, 0) is 7.05 Å². The zero-order valence-electron chi connectivity index (χ0n) is 12.0. The number of nitrogens with zero attached hydrogens (tertiary/aromatic N) is 2. The zero-order valence-corrected chi connectivity index (χ0v) is 12.0. The fraction of sp³-hybridized carbons (Fsp3) is 0.0588. The number of aryl methyl sites for hydroxylation is 1. The van der Waals surface area contributed by atoms with Crippen molar-refractivity contribution in [3.8, 4) is 0 Å². The average Bonchev–Trinajstić information content (AvgIpc) is 3.13. The highest BCUT2D eigenvalue weighted by atomic mass is 16.1. The molecule has 0 aliphatic rings. The molecule has 5 nitrogen and oxygen atoms in total. The van der Waals surface area contributed by atoms with Crippen LogP contribution in [0.2, 0.25) is 0 Å². The van der Waals surface area contributed by atoms with Crippen LogP contribution in [0.5, 0.6) is 0 Å². The minimum atomic E-state index is -0.115. The molecule has 2 N–H and O–H groups in total. The smallest absolute Gasteiger partial charge is 0.256 e. The summed E-state index contributed by atoms with van der Waals surface area (Å²) in [6.45, 7) is 0. The Hall–Kier alpha value is -3.08. The maximum absolute atomic E-state index is 12.6. The number of aromatic amines is 1. The Morgan fingerprint density at radius 1 is 1.23 bits per heavy atom. The van der Waals surface area contributed by atoms with Gasteiger partial charge in [0.05, 0.1) is 17.4 Å². The number of benzene rings is 2. The van der Waals surface area contributed by atoms with Gasteiger partial charge in [-0.1, -0.05) is 6.07 Å². The fourth-order valence-corrected chi connectivity index (χ4v) is 2.71. The number of hydrogen-bond donors (Lipinski definition) is 2. The Kier molecular flexibility index (Phi) is 2.72. The van der Waals surface area contributed by atoms with Gasteiger partial charge in [-0.25, -0.2) is 4.98 Å². The molecule has 22 heavy (non-hydrogen) atoms. The summed E-state index contributed by atoms with van der Waals surface area (Å²) in [6, 6.07) is 13.3. The third-order valence-corrected chi connectivity index (χ3v) is 3.85. The summed E-state index contributed by atoms with van der Waals surface area (Å²) in [6.07, 6.45) is 3.60. The molecule has 0 atom stereocenters. The van der Waals surface area contributed by atoms with Gasteiger partial charge in [-0.15, -0.1) is 0 Å². The monoisotopic (exact) mass is 290 g/mol. The Bertz CT molecular complexity index is 996. The third-order valence-electron chi connectivity index (χ3n) is 3.85. The van der Waals surface area contributed by atoms with Crippen LogP contribution in [0.4, 0.5) is 5.69 Å². The van der Waals surface area contributed by atoms with Gasteiger partial charge in [0.1, 0.15) is 0 Å². The van der Waals surface area contributed by atoms with E-state index in [1.54, 1.807) is 6.33 Å². The Morgan fingerprint density at radius 2 is 2.14 bits per heavy atom. The number of hydrogen-bond acceptors (Lipinski definition) is 2. The molecule has 0 saturated heterocycles. The van der Waals surface area contributed by atoms with Gasteiger partial charge in [-0.2, -0.15) is 0 Å². The van der Waals surface area contributed by atoms with E-state index in [1.807, 2.05) is 60.3 Å². The van der Waals surface area contributed by atoms with Gasteiger partial charge < -0.3 is 14.9 Å². The van der Waals surface area contributed by atoms with Crippen molar-refractivity contribution in [3.63, 3.8) is 0 Å². The predicted octanol–water partition coefficient (Wildman–Crippen LogP) is 3.31. The minimum Gasteiger partial charge on any atom is -0.351 e. The second-order valence-electron chi connectivity index (χ2n) is 5.25. The number of carbonyl (C=O) groups excluding carboxylic acids is 1. The first-order chi connectivity index (χ1) is 10.7. The van der Waals surface area contributed by atoms with Crippen molar-refractivity contribution in [1.82, 2.24) is 14.5 Å². The van der Waals surface area contributed by atoms with Crippen LogP contribution in [0.15, 0.2) is 55.0 Å². The first-order valence-corrected chi connectivity index (χ1v) is 7.01. The molecule has 1 amide bonds. The number of fused-ring (bicyclic) bond motifs is 2. The second kappa shape index (κ2) is 4.73. The molecule has 0 aliphatic carbocycles. The normalized spacial score (nSPS) is 11.1. The zero-order chi connectivity index (χ0) is 15.1. The topological polar surface area (TPSA) is 62.7 Å². The van der Waals surface area contributed by atoms with Crippen LogP contribution in [0, 0.1) is 0 Å². The molecule has 4 rings (SSSR count). The Labute approximate surface area is 126 Å². The summed E-state index contributed by atoms with van der Waals surface area (Å²) in [4.78, 5) is 19.8. The van der Waals surface area contributed by atoms with E-state index in [1.165, 1.54) is 0 Å². The molecule has 0 aliphatic heterocycles. The summed E-state index contributed by atoms with van der Waals surface area (Å²) in [5, 5.41) is 3.89. The van der Waals surface area contributed by atoms with E-state index in [0.29, 0.717) is 5.56 Å². The third kappa shape index (κ3) is 1.95. The van der Waals surface area contributed by atoms with Gasteiger partial charge in [-0.05, 0) is 36.4 Å². The largest absolute Gasteiger partial charge is 0.351 e.